The van der Waals surface area contributed by atoms with Gasteiger partial charge in [-0.1, -0.05) is 71.3 Å². The molecule has 0 unspecified atom stereocenters. The maximum absolute atomic E-state index is 13.4. The molecular weight excluding hydrogens is 444 g/mol. The van der Waals surface area contributed by atoms with Crippen LogP contribution in [0.25, 0.3) is 0 Å². The molecule has 0 bridgehead atoms. The van der Waals surface area contributed by atoms with Gasteiger partial charge in [0, 0.05) is 11.6 Å². The van der Waals surface area contributed by atoms with Gasteiger partial charge in [-0.05, 0) is 56.2 Å². The maximum atomic E-state index is 13.4. The van der Waals surface area contributed by atoms with Gasteiger partial charge < -0.3 is 5.32 Å². The third-order valence-electron chi connectivity index (χ3n) is 5.21. The van der Waals surface area contributed by atoms with E-state index in [2.05, 4.69) is 5.32 Å². The van der Waals surface area contributed by atoms with E-state index < -0.39 is 10.0 Å². The smallest absolute Gasteiger partial charge is 0.243 e. The first-order valence-corrected chi connectivity index (χ1v) is 12.1. The van der Waals surface area contributed by atoms with Crippen molar-refractivity contribution in [3.05, 3.63) is 100 Å². The highest BCUT2D eigenvalue weighted by atomic mass is 35.5. The molecule has 0 aromatic heterocycles. The molecule has 3 aromatic carbocycles. The number of aryl methyl sites for hydroxylation is 2. The van der Waals surface area contributed by atoms with Gasteiger partial charge in [0.1, 0.15) is 0 Å². The molecule has 0 aliphatic carbocycles. The van der Waals surface area contributed by atoms with Crippen molar-refractivity contribution in [3.8, 4) is 0 Å². The number of carbonyl (C=O) groups is 1. The molecule has 0 radical (unpaired) electrons. The number of hydrogen-bond donors (Lipinski definition) is 1. The van der Waals surface area contributed by atoms with E-state index in [1.165, 1.54) is 4.31 Å². The zero-order valence-corrected chi connectivity index (χ0v) is 20.0. The van der Waals surface area contributed by atoms with Crippen molar-refractivity contribution in [2.45, 2.75) is 38.3 Å². The molecule has 0 fully saturated rings. The van der Waals surface area contributed by atoms with Crippen molar-refractivity contribution in [1.82, 2.24) is 9.62 Å². The lowest BCUT2D eigenvalue weighted by atomic mass is 10.1. The summed E-state index contributed by atoms with van der Waals surface area (Å²) in [5.74, 6) is -0.379. The Morgan fingerprint density at radius 3 is 2.00 bits per heavy atom. The number of benzene rings is 3. The van der Waals surface area contributed by atoms with Crippen LogP contribution < -0.4 is 5.32 Å². The molecule has 0 aliphatic heterocycles. The maximum Gasteiger partial charge on any atom is 0.243 e. The van der Waals surface area contributed by atoms with Gasteiger partial charge in [-0.25, -0.2) is 8.42 Å². The lowest BCUT2D eigenvalue weighted by Gasteiger charge is -2.23. The second-order valence-electron chi connectivity index (χ2n) is 7.91. The highest BCUT2D eigenvalue weighted by Gasteiger charge is 2.27. The minimum atomic E-state index is -3.87. The summed E-state index contributed by atoms with van der Waals surface area (Å²) in [4.78, 5) is 13.0. The third-order valence-corrected chi connectivity index (χ3v) is 7.26. The van der Waals surface area contributed by atoms with Crippen molar-refractivity contribution in [3.63, 3.8) is 0 Å². The standard InChI is InChI=1S/C25H27ClN2O3S/c1-18-4-8-21(9-5-18)16-28(32(30,31)24-14-6-19(2)7-15-24)17-25(29)27-20(3)22-10-12-23(26)13-11-22/h4-15,20H,16-17H2,1-3H3,(H,27,29)/t20-/m0/s1. The van der Waals surface area contributed by atoms with Crippen LogP contribution in [-0.4, -0.2) is 25.2 Å². The van der Waals surface area contributed by atoms with E-state index in [4.69, 9.17) is 11.6 Å². The summed E-state index contributed by atoms with van der Waals surface area (Å²) in [5.41, 5.74) is 3.74. The Kier molecular flexibility index (Phi) is 7.72. The topological polar surface area (TPSA) is 66.5 Å². The predicted octanol–water partition coefficient (Wildman–Crippen LogP) is 5.03. The van der Waals surface area contributed by atoms with Crippen LogP contribution in [0.2, 0.25) is 5.02 Å². The highest BCUT2D eigenvalue weighted by molar-refractivity contribution is 7.89. The van der Waals surface area contributed by atoms with E-state index in [-0.39, 0.29) is 29.9 Å². The molecule has 3 rings (SSSR count). The predicted molar refractivity (Wildman–Crippen MR) is 128 cm³/mol. The fourth-order valence-corrected chi connectivity index (χ4v) is 4.77. The number of carbonyl (C=O) groups excluding carboxylic acids is 1. The lowest BCUT2D eigenvalue weighted by molar-refractivity contribution is -0.122. The fraction of sp³-hybridized carbons (Fsp3) is 0.240. The highest BCUT2D eigenvalue weighted by Crippen LogP contribution is 2.20. The molecule has 1 atom stereocenters. The molecule has 1 N–H and O–H groups in total. The molecule has 7 heteroatoms. The average molecular weight is 471 g/mol. The summed E-state index contributed by atoms with van der Waals surface area (Å²) in [6, 6.07) is 21.1. The van der Waals surface area contributed by atoms with Crippen molar-refractivity contribution in [2.24, 2.45) is 0 Å². The van der Waals surface area contributed by atoms with E-state index in [9.17, 15) is 13.2 Å². The monoisotopic (exact) mass is 470 g/mol. The first-order chi connectivity index (χ1) is 15.1. The van der Waals surface area contributed by atoms with Gasteiger partial charge in [-0.15, -0.1) is 0 Å². The Hall–Kier alpha value is -2.67. The number of halogens is 1. The Balaban J connectivity index is 1.82. The molecule has 5 nitrogen and oxygen atoms in total. The summed E-state index contributed by atoms with van der Waals surface area (Å²) < 4.78 is 28.0. The average Bonchev–Trinajstić information content (AvgIpc) is 2.75. The van der Waals surface area contributed by atoms with Crippen molar-refractivity contribution >= 4 is 27.5 Å². The minimum Gasteiger partial charge on any atom is -0.348 e. The van der Waals surface area contributed by atoms with Crippen molar-refractivity contribution in [1.29, 1.82) is 0 Å². The summed E-state index contributed by atoms with van der Waals surface area (Å²) >= 11 is 5.94. The second-order valence-corrected chi connectivity index (χ2v) is 10.3. The van der Waals surface area contributed by atoms with Gasteiger partial charge in [0.25, 0.3) is 0 Å². The Morgan fingerprint density at radius 1 is 0.906 bits per heavy atom. The summed E-state index contributed by atoms with van der Waals surface area (Å²) in [6.07, 6.45) is 0. The largest absolute Gasteiger partial charge is 0.348 e. The van der Waals surface area contributed by atoms with Gasteiger partial charge in [0.05, 0.1) is 17.5 Å². The van der Waals surface area contributed by atoms with Gasteiger partial charge in [0.15, 0.2) is 0 Å². The van der Waals surface area contributed by atoms with Crippen LogP contribution in [0.5, 0.6) is 0 Å². The van der Waals surface area contributed by atoms with E-state index in [1.54, 1.807) is 36.4 Å². The number of nitrogens with one attached hydrogen (secondary N) is 1. The Bertz CT molecular complexity index is 1160. The van der Waals surface area contributed by atoms with Crippen molar-refractivity contribution in [2.75, 3.05) is 6.54 Å². The number of amides is 1. The molecule has 3 aromatic rings. The summed E-state index contributed by atoms with van der Waals surface area (Å²) in [6.45, 7) is 5.52. The van der Waals surface area contributed by atoms with Gasteiger partial charge in [-0.3, -0.25) is 4.79 Å². The van der Waals surface area contributed by atoms with Crippen molar-refractivity contribution < 1.29 is 13.2 Å². The number of rotatable bonds is 8. The summed E-state index contributed by atoms with van der Waals surface area (Å²) in [7, 11) is -3.87. The molecule has 0 aliphatic rings. The molecule has 0 saturated heterocycles. The van der Waals surface area contributed by atoms with E-state index in [1.807, 2.05) is 57.2 Å². The Labute approximate surface area is 195 Å². The molecular formula is C25H27ClN2O3S. The Morgan fingerprint density at radius 2 is 1.44 bits per heavy atom. The molecule has 0 heterocycles. The quantitative estimate of drug-likeness (QED) is 0.502. The van der Waals surface area contributed by atoms with E-state index >= 15 is 0 Å². The van der Waals surface area contributed by atoms with Gasteiger partial charge in [-0.2, -0.15) is 4.31 Å². The normalized spacial score (nSPS) is 12.5. The first-order valence-electron chi connectivity index (χ1n) is 10.3. The van der Waals surface area contributed by atoms with Gasteiger partial charge >= 0.3 is 0 Å². The molecule has 32 heavy (non-hydrogen) atoms. The van der Waals surface area contributed by atoms with Gasteiger partial charge in [0.2, 0.25) is 15.9 Å². The fourth-order valence-electron chi connectivity index (χ4n) is 3.26. The van der Waals surface area contributed by atoms with Crippen LogP contribution in [0.15, 0.2) is 77.7 Å². The zero-order chi connectivity index (χ0) is 23.3. The van der Waals surface area contributed by atoms with Crippen LogP contribution in [0.4, 0.5) is 0 Å². The minimum absolute atomic E-state index is 0.0965. The summed E-state index contributed by atoms with van der Waals surface area (Å²) in [5, 5.41) is 3.50. The van der Waals surface area contributed by atoms with Crippen LogP contribution in [0.1, 0.15) is 35.2 Å². The SMILES string of the molecule is Cc1ccc(CN(CC(=O)N[C@@H](C)c2ccc(Cl)cc2)S(=O)(=O)c2ccc(C)cc2)cc1. The van der Waals surface area contributed by atoms with Crippen LogP contribution in [0, 0.1) is 13.8 Å². The number of nitrogens with zero attached hydrogens (tertiary/aromatic N) is 1. The first kappa shape index (κ1) is 24.0. The van der Waals surface area contributed by atoms with Crippen LogP contribution in [-0.2, 0) is 21.4 Å². The van der Waals surface area contributed by atoms with Crippen LogP contribution >= 0.6 is 11.6 Å². The number of sulfonamides is 1. The third kappa shape index (κ3) is 6.19. The van der Waals surface area contributed by atoms with E-state index in [0.29, 0.717) is 5.02 Å². The van der Waals surface area contributed by atoms with Crippen LogP contribution in [0.3, 0.4) is 0 Å². The second kappa shape index (κ2) is 10.3. The molecule has 168 valence electrons. The molecule has 0 spiro atoms. The lowest BCUT2D eigenvalue weighted by Crippen LogP contribution is -2.41. The van der Waals surface area contributed by atoms with E-state index in [0.717, 1.165) is 22.3 Å². The zero-order valence-electron chi connectivity index (χ0n) is 18.4. The number of hydrogen-bond acceptors (Lipinski definition) is 3. The molecule has 0 saturated carbocycles. The molecule has 1 amide bonds.